The van der Waals surface area contributed by atoms with Crippen LogP contribution in [0.5, 0.6) is 0 Å². The van der Waals surface area contributed by atoms with Crippen molar-refractivity contribution in [2.24, 2.45) is 0 Å². The van der Waals surface area contributed by atoms with E-state index in [9.17, 15) is 14.4 Å². The van der Waals surface area contributed by atoms with Crippen molar-refractivity contribution in [3.05, 3.63) is 35.9 Å². The third-order valence-electron chi connectivity index (χ3n) is 6.53. The van der Waals surface area contributed by atoms with E-state index in [1.165, 1.54) is 0 Å². The van der Waals surface area contributed by atoms with Crippen LogP contribution in [-0.4, -0.2) is 190 Å². The van der Waals surface area contributed by atoms with E-state index in [-0.39, 0.29) is 25.6 Å². The summed E-state index contributed by atoms with van der Waals surface area (Å²) in [7, 11) is 0. The van der Waals surface area contributed by atoms with Crippen LogP contribution in [0.4, 0.5) is 0 Å². The molecule has 0 unspecified atom stereocenters. The van der Waals surface area contributed by atoms with Gasteiger partial charge in [-0.2, -0.15) is 0 Å². The fourth-order valence-electron chi connectivity index (χ4n) is 3.88. The van der Waals surface area contributed by atoms with E-state index >= 15 is 0 Å². The summed E-state index contributed by atoms with van der Waals surface area (Å²) in [6.45, 7) is 12.6. The van der Waals surface area contributed by atoms with Crippen LogP contribution in [0.15, 0.2) is 30.3 Å². The van der Waals surface area contributed by atoms with Gasteiger partial charge in [0.05, 0.1) is 172 Å². The number of benzene rings is 1. The van der Waals surface area contributed by atoms with Crippen LogP contribution < -0.4 is 0 Å². The monoisotopic (exact) mass is 778 g/mol. The highest BCUT2D eigenvalue weighted by molar-refractivity contribution is 6.40. The Morgan fingerprint density at radius 2 is 0.648 bits per heavy atom. The molecule has 0 saturated heterocycles. The third kappa shape index (κ3) is 33.9. The van der Waals surface area contributed by atoms with Crippen LogP contribution in [0.2, 0.25) is 0 Å². The quantitative estimate of drug-likeness (QED) is 0.0404. The van der Waals surface area contributed by atoms with Gasteiger partial charge in [-0.15, -0.1) is 0 Å². The third-order valence-corrected chi connectivity index (χ3v) is 6.53. The molecule has 17 nitrogen and oxygen atoms in total. The number of carbonyl (C=O) groups excluding carboxylic acids is 3. The van der Waals surface area contributed by atoms with Crippen LogP contribution in [0.3, 0.4) is 0 Å². The Morgan fingerprint density at radius 1 is 0.370 bits per heavy atom. The van der Waals surface area contributed by atoms with Gasteiger partial charge < -0.3 is 66.3 Å². The smallest absolute Gasteiger partial charge is 0.379 e. The Bertz CT molecular complexity index is 985. The van der Waals surface area contributed by atoms with E-state index in [2.05, 4.69) is 0 Å². The van der Waals surface area contributed by atoms with Crippen molar-refractivity contribution < 1.29 is 80.7 Å². The van der Waals surface area contributed by atoms with Crippen molar-refractivity contribution in [1.82, 2.24) is 0 Å². The number of Topliss-reactive ketones (excluding diaryl/α,β-unsaturated/α-hetero) is 1. The average Bonchev–Trinajstić information content (AvgIpc) is 3.18. The fourth-order valence-corrected chi connectivity index (χ4v) is 3.88. The Morgan fingerprint density at radius 3 is 0.944 bits per heavy atom. The molecule has 0 fully saturated rings. The first kappa shape index (κ1) is 49.4. The molecular weight excluding hydrogens is 716 g/mol. The van der Waals surface area contributed by atoms with Crippen molar-refractivity contribution in [3.63, 3.8) is 0 Å². The molecule has 1 aromatic carbocycles. The van der Waals surface area contributed by atoms with E-state index in [0.717, 1.165) is 0 Å². The van der Waals surface area contributed by atoms with Crippen LogP contribution in [0.25, 0.3) is 0 Å². The minimum absolute atomic E-state index is 0.00820. The highest BCUT2D eigenvalue weighted by Crippen LogP contribution is 2.01. The predicted octanol–water partition coefficient (Wildman–Crippen LogP) is 1.56. The summed E-state index contributed by atoms with van der Waals surface area (Å²) in [6, 6.07) is 8.24. The van der Waals surface area contributed by atoms with Gasteiger partial charge in [-0.25, -0.2) is 4.79 Å². The number of hydrogen-bond donors (Lipinski definition) is 0. The molecule has 0 saturated carbocycles. The number of rotatable bonds is 42. The average molecular weight is 779 g/mol. The Balaban J connectivity index is 1.65. The molecule has 0 atom stereocenters. The number of esters is 2. The van der Waals surface area contributed by atoms with Crippen molar-refractivity contribution >= 4 is 17.7 Å². The molecule has 0 aliphatic carbocycles. The molecule has 1 rings (SSSR count). The van der Waals surface area contributed by atoms with Crippen molar-refractivity contribution in [3.8, 4) is 0 Å². The maximum Gasteiger partial charge on any atom is 0.379 e. The molecule has 0 aromatic heterocycles. The van der Waals surface area contributed by atoms with Crippen LogP contribution in [0.1, 0.15) is 23.7 Å². The zero-order valence-electron chi connectivity index (χ0n) is 31.9. The number of ether oxygens (including phenoxy) is 14. The molecule has 0 heterocycles. The van der Waals surface area contributed by atoms with E-state index in [1.54, 1.807) is 37.3 Å². The van der Waals surface area contributed by atoms with Gasteiger partial charge in [0.1, 0.15) is 6.61 Å². The molecule has 0 spiro atoms. The van der Waals surface area contributed by atoms with Crippen LogP contribution in [-0.2, 0) is 75.9 Å². The largest absolute Gasteiger partial charge is 0.466 e. The lowest BCUT2D eigenvalue weighted by Crippen LogP contribution is -2.20. The topological polar surface area (TPSA) is 180 Å². The van der Waals surface area contributed by atoms with Crippen LogP contribution >= 0.6 is 0 Å². The number of carbonyl (C=O) groups is 3. The standard InChI is InChI=1S/C37H62O17/c1-2-53-35(38)8-9-41-10-11-42-12-13-43-14-15-44-16-17-45-18-19-46-20-21-47-22-23-48-24-25-49-26-27-50-28-29-51-30-31-52-32-33-54-37(40)36(39)34-6-4-3-5-7-34/h3-7H,2,8-33H2,1H3. The Hall–Kier alpha value is -2.65. The predicted molar refractivity (Wildman–Crippen MR) is 193 cm³/mol. The first-order valence-corrected chi connectivity index (χ1v) is 18.5. The van der Waals surface area contributed by atoms with Crippen molar-refractivity contribution in [2.45, 2.75) is 13.3 Å². The number of ketones is 1. The molecule has 0 bridgehead atoms. The normalized spacial score (nSPS) is 11.2. The molecule has 312 valence electrons. The minimum Gasteiger partial charge on any atom is -0.466 e. The minimum atomic E-state index is -0.902. The first-order valence-electron chi connectivity index (χ1n) is 18.5. The summed E-state index contributed by atoms with van der Waals surface area (Å²) in [6.07, 6.45) is 0.248. The summed E-state index contributed by atoms with van der Waals surface area (Å²) in [5, 5.41) is 0. The molecular formula is C37H62O17. The Kier molecular flexibility index (Phi) is 36.6. The van der Waals surface area contributed by atoms with Gasteiger partial charge in [0.2, 0.25) is 0 Å². The summed E-state index contributed by atoms with van der Waals surface area (Å²) >= 11 is 0. The van der Waals surface area contributed by atoms with Gasteiger partial charge in [-0.1, -0.05) is 30.3 Å². The van der Waals surface area contributed by atoms with Gasteiger partial charge in [0, 0.05) is 5.56 Å². The Labute approximate surface area is 319 Å². The van der Waals surface area contributed by atoms with Gasteiger partial charge in [0.15, 0.2) is 0 Å². The maximum atomic E-state index is 11.9. The second-order valence-electron chi connectivity index (χ2n) is 10.7. The molecule has 0 aliphatic heterocycles. The van der Waals surface area contributed by atoms with Gasteiger partial charge in [-0.3, -0.25) is 9.59 Å². The van der Waals surface area contributed by atoms with E-state index in [0.29, 0.717) is 164 Å². The zero-order valence-corrected chi connectivity index (χ0v) is 31.9. The van der Waals surface area contributed by atoms with Crippen molar-refractivity contribution in [1.29, 1.82) is 0 Å². The second kappa shape index (κ2) is 40.0. The highest BCUT2D eigenvalue weighted by atomic mass is 16.6. The van der Waals surface area contributed by atoms with E-state index < -0.39 is 11.8 Å². The highest BCUT2D eigenvalue weighted by Gasteiger charge is 2.17. The lowest BCUT2D eigenvalue weighted by molar-refractivity contribution is -0.144. The van der Waals surface area contributed by atoms with Gasteiger partial charge in [-0.05, 0) is 6.92 Å². The molecule has 0 N–H and O–H groups in total. The van der Waals surface area contributed by atoms with Crippen molar-refractivity contribution in [2.75, 3.05) is 172 Å². The summed E-state index contributed by atoms with van der Waals surface area (Å²) < 4.78 is 74.9. The van der Waals surface area contributed by atoms with Gasteiger partial charge >= 0.3 is 11.9 Å². The van der Waals surface area contributed by atoms with Crippen LogP contribution in [0, 0.1) is 0 Å². The maximum absolute atomic E-state index is 11.9. The lowest BCUT2D eigenvalue weighted by atomic mass is 10.1. The SMILES string of the molecule is CCOC(=O)CCOCCOCCOCCOCCOCCOCCOCCOCCOCCOCCOCCOCCOC(=O)C(=O)c1ccccc1. The molecule has 1 aromatic rings. The summed E-state index contributed by atoms with van der Waals surface area (Å²) in [5.74, 6) is -1.84. The van der Waals surface area contributed by atoms with Gasteiger partial charge in [0.25, 0.3) is 5.78 Å². The first-order chi connectivity index (χ1) is 26.6. The number of hydrogen-bond acceptors (Lipinski definition) is 17. The molecule has 0 radical (unpaired) electrons. The molecule has 0 aliphatic rings. The summed E-state index contributed by atoms with van der Waals surface area (Å²) in [4.78, 5) is 34.8. The second-order valence-corrected chi connectivity index (χ2v) is 10.7. The summed E-state index contributed by atoms with van der Waals surface area (Å²) in [5.41, 5.74) is 0.291. The van der Waals surface area contributed by atoms with E-state index in [4.69, 9.17) is 66.3 Å². The van der Waals surface area contributed by atoms with E-state index in [1.807, 2.05) is 0 Å². The molecule has 17 heteroatoms. The fraction of sp³-hybridized carbons (Fsp3) is 0.757. The lowest BCUT2D eigenvalue weighted by Gasteiger charge is -2.09. The zero-order chi connectivity index (χ0) is 38.8. The molecule has 54 heavy (non-hydrogen) atoms. The molecule has 0 amide bonds.